The molecule has 0 N–H and O–H groups in total. The van der Waals surface area contributed by atoms with Gasteiger partial charge in [0.1, 0.15) is 13.2 Å². The molecule has 0 aromatic heterocycles. The molecule has 0 aromatic rings. The van der Waals surface area contributed by atoms with Gasteiger partial charge in [-0.3, -0.25) is 9.59 Å². The van der Waals surface area contributed by atoms with Crippen molar-refractivity contribution < 1.29 is 19.1 Å². The van der Waals surface area contributed by atoms with Gasteiger partial charge < -0.3 is 9.47 Å². The number of carbonyl (C=O) groups excluding carboxylic acids is 2. The molecule has 1 saturated carbocycles. The van der Waals surface area contributed by atoms with E-state index in [1.807, 2.05) is 0 Å². The van der Waals surface area contributed by atoms with Crippen LogP contribution in [0.15, 0.2) is 0 Å². The van der Waals surface area contributed by atoms with Crippen LogP contribution in [0.25, 0.3) is 0 Å². The summed E-state index contributed by atoms with van der Waals surface area (Å²) in [7, 11) is 3.29. The molecule has 0 bridgehead atoms. The van der Waals surface area contributed by atoms with Crippen LogP contribution in [0, 0.1) is 18.3 Å². The van der Waals surface area contributed by atoms with Gasteiger partial charge in [-0.2, -0.15) is 0 Å². The Hall–Kier alpha value is -0.360. The topological polar surface area (TPSA) is 52.6 Å². The summed E-state index contributed by atoms with van der Waals surface area (Å²) in [6.07, 6.45) is 10.6. The summed E-state index contributed by atoms with van der Waals surface area (Å²) in [5, 5.41) is 0. The van der Waals surface area contributed by atoms with Crippen LogP contribution in [-0.2, 0) is 19.1 Å². The minimum atomic E-state index is -0.160. The lowest BCUT2D eigenvalue weighted by atomic mass is 9.73. The maximum atomic E-state index is 12.0. The van der Waals surface area contributed by atoms with E-state index in [0.29, 0.717) is 19.6 Å². The highest BCUT2D eigenvalue weighted by Gasteiger charge is 2.27. The van der Waals surface area contributed by atoms with Gasteiger partial charge >= 0.3 is 11.9 Å². The first-order chi connectivity index (χ1) is 13.5. The van der Waals surface area contributed by atoms with Gasteiger partial charge in [0.25, 0.3) is 0 Å². The van der Waals surface area contributed by atoms with Gasteiger partial charge in [-0.25, -0.2) is 0 Å². The number of carbonyl (C=O) groups is 2. The Morgan fingerprint density at radius 3 is 2.11 bits per heavy atom. The Bertz CT molecular complexity index is 430. The fourth-order valence-electron chi connectivity index (χ4n) is 3.61. The Morgan fingerprint density at radius 1 is 0.964 bits per heavy atom. The first-order valence-electron chi connectivity index (χ1n) is 10.9. The van der Waals surface area contributed by atoms with Gasteiger partial charge in [-0.15, -0.1) is 0 Å². The number of hydrogen-bond acceptors (Lipinski definition) is 6. The van der Waals surface area contributed by atoms with Gasteiger partial charge in [0.15, 0.2) is 0 Å². The van der Waals surface area contributed by atoms with Gasteiger partial charge in [0.2, 0.25) is 0 Å². The second-order valence-corrected chi connectivity index (χ2v) is 10.4. The molecular formula is C22H38O4S2. The number of hydrogen-bond donors (Lipinski definition) is 0. The van der Waals surface area contributed by atoms with Crippen LogP contribution in [0.3, 0.4) is 0 Å². The molecule has 0 spiro atoms. The summed E-state index contributed by atoms with van der Waals surface area (Å²) in [5.74, 6) is 1.34. The van der Waals surface area contributed by atoms with Gasteiger partial charge in [0, 0.05) is 17.9 Å². The van der Waals surface area contributed by atoms with E-state index < -0.39 is 0 Å². The molecule has 0 aromatic carbocycles. The van der Waals surface area contributed by atoms with Crippen LogP contribution < -0.4 is 0 Å². The monoisotopic (exact) mass is 430 g/mol. The maximum Gasteiger partial charge on any atom is 0.308 e. The van der Waals surface area contributed by atoms with Crippen LogP contribution in [0.1, 0.15) is 84.5 Å². The normalized spacial score (nSPS) is 16.1. The molecule has 0 atom stereocenters. The molecular weight excluding hydrogens is 392 g/mol. The summed E-state index contributed by atoms with van der Waals surface area (Å²) in [6, 6.07) is 0. The Morgan fingerprint density at radius 2 is 1.54 bits per heavy atom. The zero-order valence-electron chi connectivity index (χ0n) is 17.7. The van der Waals surface area contributed by atoms with E-state index in [1.165, 1.54) is 19.3 Å². The molecule has 4 nitrogen and oxygen atoms in total. The summed E-state index contributed by atoms with van der Waals surface area (Å²) in [6.45, 7) is 11.4. The number of ether oxygens (including phenoxy) is 2. The standard InChI is InChI=1S/C22H38O4S2/c1-4-9-19(10-5-2)21(24)26-16-18-28-27-17-15-25-20(23)11-14-22(3)12-7-6-8-13-22/h3,19H,4-18H2,1-2H3. The van der Waals surface area contributed by atoms with E-state index in [2.05, 4.69) is 13.8 Å². The smallest absolute Gasteiger partial charge is 0.308 e. The number of esters is 2. The van der Waals surface area contributed by atoms with Crippen LogP contribution in [0.4, 0.5) is 0 Å². The van der Waals surface area contributed by atoms with Gasteiger partial charge in [0.05, 0.1) is 5.92 Å². The molecule has 0 saturated heterocycles. The first kappa shape index (κ1) is 25.7. The molecule has 1 rings (SSSR count). The van der Waals surface area contributed by atoms with Gasteiger partial charge in [-0.05, 0) is 44.4 Å². The predicted octanol–water partition coefficient (Wildman–Crippen LogP) is 6.11. The Kier molecular flexibility index (Phi) is 14.2. The highest BCUT2D eigenvalue weighted by Crippen LogP contribution is 2.39. The van der Waals surface area contributed by atoms with Gasteiger partial charge in [-0.1, -0.05) is 67.5 Å². The zero-order chi connectivity index (χ0) is 20.7. The van der Waals surface area contributed by atoms with Crippen LogP contribution in [0.2, 0.25) is 0 Å². The van der Waals surface area contributed by atoms with E-state index >= 15 is 0 Å². The third-order valence-corrected chi connectivity index (χ3v) is 7.54. The largest absolute Gasteiger partial charge is 0.465 e. The average molecular weight is 431 g/mol. The molecule has 1 fully saturated rings. The molecule has 1 aliphatic rings. The summed E-state index contributed by atoms with van der Waals surface area (Å²) >= 11 is 0. The van der Waals surface area contributed by atoms with Crippen molar-refractivity contribution in [1.29, 1.82) is 0 Å². The third-order valence-electron chi connectivity index (χ3n) is 5.21. The molecule has 1 aliphatic carbocycles. The predicted molar refractivity (Wildman–Crippen MR) is 119 cm³/mol. The van der Waals surface area contributed by atoms with Crippen molar-refractivity contribution in [2.24, 2.45) is 11.3 Å². The van der Waals surface area contributed by atoms with Crippen LogP contribution in [-0.4, -0.2) is 36.7 Å². The van der Waals surface area contributed by atoms with Crippen LogP contribution >= 0.6 is 21.6 Å². The Labute approximate surface area is 180 Å². The molecule has 0 unspecified atom stereocenters. The molecule has 162 valence electrons. The molecule has 0 amide bonds. The fourth-order valence-corrected chi connectivity index (χ4v) is 5.26. The highest BCUT2D eigenvalue weighted by molar-refractivity contribution is 8.76. The van der Waals surface area contributed by atoms with E-state index in [9.17, 15) is 9.59 Å². The summed E-state index contributed by atoms with van der Waals surface area (Å²) in [5.41, 5.74) is -0.160. The number of rotatable bonds is 15. The van der Waals surface area contributed by atoms with Crippen molar-refractivity contribution in [3.8, 4) is 0 Å². The highest BCUT2D eigenvalue weighted by atomic mass is 33.1. The summed E-state index contributed by atoms with van der Waals surface area (Å²) < 4.78 is 10.7. The molecule has 2 radical (unpaired) electrons. The third kappa shape index (κ3) is 11.6. The van der Waals surface area contributed by atoms with E-state index in [0.717, 1.165) is 56.5 Å². The molecule has 6 heteroatoms. The lowest BCUT2D eigenvalue weighted by Crippen LogP contribution is -2.22. The maximum absolute atomic E-state index is 12.0. The quantitative estimate of drug-likeness (QED) is 0.177. The second-order valence-electron chi connectivity index (χ2n) is 7.73. The van der Waals surface area contributed by atoms with E-state index in [-0.39, 0.29) is 23.3 Å². The minimum absolute atomic E-state index is 0.0494. The molecule has 28 heavy (non-hydrogen) atoms. The van der Waals surface area contributed by atoms with Crippen molar-refractivity contribution in [1.82, 2.24) is 0 Å². The minimum Gasteiger partial charge on any atom is -0.465 e. The lowest BCUT2D eigenvalue weighted by Gasteiger charge is -2.32. The second kappa shape index (κ2) is 15.5. The molecule has 0 heterocycles. The van der Waals surface area contributed by atoms with E-state index in [4.69, 9.17) is 16.4 Å². The van der Waals surface area contributed by atoms with E-state index in [1.54, 1.807) is 21.6 Å². The first-order valence-corrected chi connectivity index (χ1v) is 13.3. The Balaban J connectivity index is 1.98. The van der Waals surface area contributed by atoms with Crippen molar-refractivity contribution >= 4 is 33.5 Å². The zero-order valence-corrected chi connectivity index (χ0v) is 19.3. The fraction of sp³-hybridized carbons (Fsp3) is 0.864. The van der Waals surface area contributed by atoms with Crippen molar-refractivity contribution in [3.63, 3.8) is 0 Å². The lowest BCUT2D eigenvalue weighted by molar-refractivity contribution is -0.148. The van der Waals surface area contributed by atoms with Crippen molar-refractivity contribution in [2.75, 3.05) is 24.7 Å². The molecule has 0 aliphatic heterocycles. The van der Waals surface area contributed by atoms with Crippen molar-refractivity contribution in [2.45, 2.75) is 84.5 Å². The summed E-state index contributed by atoms with van der Waals surface area (Å²) in [4.78, 5) is 23.9. The van der Waals surface area contributed by atoms with Crippen LogP contribution in [0.5, 0.6) is 0 Å². The average Bonchev–Trinajstić information content (AvgIpc) is 2.68. The SMILES string of the molecule is [CH]C1(CCC(=O)OCCSSCCOC(=O)C(CCC)CCC)CCCCC1. The van der Waals surface area contributed by atoms with Crippen molar-refractivity contribution in [3.05, 3.63) is 6.92 Å².